The number of aromatic nitrogens is 2. The number of thiophene rings is 1. The van der Waals surface area contributed by atoms with Gasteiger partial charge in [0.1, 0.15) is 5.03 Å². The fraction of sp³-hybridized carbons (Fsp3) is 0.0625. The number of non-ortho nitro benzene ring substituents is 1. The molecule has 0 spiro atoms. The minimum Gasteiger partial charge on any atom is -0.304 e. The Bertz CT molecular complexity index is 883. The number of hydrogen-bond donors (Lipinski definition) is 1. The number of nitro groups is 1. The van der Waals surface area contributed by atoms with Gasteiger partial charge in [-0.15, -0.1) is 21.5 Å². The molecule has 0 radical (unpaired) electrons. The van der Waals surface area contributed by atoms with Crippen molar-refractivity contribution in [1.29, 1.82) is 0 Å². The number of carbonyl (C=O) groups excluding carboxylic acids is 1. The Morgan fingerprint density at radius 2 is 2.08 bits per heavy atom. The number of hydrogen-bond acceptors (Lipinski definition) is 7. The molecule has 0 aliphatic rings. The molecule has 0 bridgehead atoms. The zero-order valence-electron chi connectivity index (χ0n) is 12.8. The van der Waals surface area contributed by atoms with Crippen molar-refractivity contribution < 1.29 is 9.72 Å². The molecular formula is C16H12N4O3S2. The summed E-state index contributed by atoms with van der Waals surface area (Å²) in [5.74, 6) is 0.691. The number of nitrogens with one attached hydrogen (secondary N) is 1. The number of benzene rings is 1. The SMILES string of the molecule is O=C(Nc1ccc(SCc2cccc([N+](=O)[O-])c2)nn1)c1cccs1. The zero-order chi connectivity index (χ0) is 17.6. The van der Waals surface area contributed by atoms with Crippen LogP contribution < -0.4 is 5.32 Å². The van der Waals surface area contributed by atoms with Gasteiger partial charge in [-0.2, -0.15) is 0 Å². The average molecular weight is 372 g/mol. The van der Waals surface area contributed by atoms with Crippen LogP contribution in [0.1, 0.15) is 15.2 Å². The topological polar surface area (TPSA) is 98.0 Å². The fourth-order valence-corrected chi connectivity index (χ4v) is 3.34. The van der Waals surface area contributed by atoms with Crippen molar-refractivity contribution >= 4 is 40.5 Å². The zero-order valence-corrected chi connectivity index (χ0v) is 14.4. The normalized spacial score (nSPS) is 10.4. The standard InChI is InChI=1S/C16H12N4O3S2/c21-16(13-5-2-8-24-13)17-14-6-7-15(19-18-14)25-10-11-3-1-4-12(9-11)20(22)23/h1-9H,10H2,(H,17,18,21). The van der Waals surface area contributed by atoms with Crippen molar-refractivity contribution in [3.05, 3.63) is 74.5 Å². The number of nitro benzene ring substituents is 1. The third-order valence-electron chi connectivity index (χ3n) is 3.13. The van der Waals surface area contributed by atoms with Crippen LogP contribution >= 0.6 is 23.1 Å². The number of amides is 1. The smallest absolute Gasteiger partial charge is 0.269 e. The van der Waals surface area contributed by atoms with Crippen molar-refractivity contribution in [1.82, 2.24) is 10.2 Å². The molecule has 3 rings (SSSR count). The summed E-state index contributed by atoms with van der Waals surface area (Å²) >= 11 is 2.76. The lowest BCUT2D eigenvalue weighted by Crippen LogP contribution is -2.11. The maximum atomic E-state index is 11.9. The molecule has 2 aromatic heterocycles. The lowest BCUT2D eigenvalue weighted by atomic mass is 10.2. The van der Waals surface area contributed by atoms with Gasteiger partial charge in [-0.25, -0.2) is 0 Å². The molecule has 126 valence electrons. The van der Waals surface area contributed by atoms with Gasteiger partial charge in [0, 0.05) is 17.9 Å². The predicted octanol–water partition coefficient (Wildman–Crippen LogP) is 3.99. The van der Waals surface area contributed by atoms with Crippen LogP contribution in [0.5, 0.6) is 0 Å². The first kappa shape index (κ1) is 17.1. The Balaban J connectivity index is 1.58. The summed E-state index contributed by atoms with van der Waals surface area (Å²) < 4.78 is 0. The Morgan fingerprint density at radius 1 is 1.20 bits per heavy atom. The lowest BCUT2D eigenvalue weighted by molar-refractivity contribution is -0.384. The number of rotatable bonds is 6. The van der Waals surface area contributed by atoms with E-state index in [-0.39, 0.29) is 11.6 Å². The first-order valence-electron chi connectivity index (χ1n) is 7.16. The van der Waals surface area contributed by atoms with Crippen molar-refractivity contribution in [2.75, 3.05) is 5.32 Å². The monoisotopic (exact) mass is 372 g/mol. The first-order chi connectivity index (χ1) is 12.1. The summed E-state index contributed by atoms with van der Waals surface area (Å²) in [6.45, 7) is 0. The molecular weight excluding hydrogens is 360 g/mol. The first-order valence-corrected chi connectivity index (χ1v) is 9.03. The largest absolute Gasteiger partial charge is 0.304 e. The van der Waals surface area contributed by atoms with E-state index in [1.165, 1.54) is 35.2 Å². The molecule has 0 fully saturated rings. The Morgan fingerprint density at radius 3 is 2.76 bits per heavy atom. The molecule has 0 aliphatic carbocycles. The number of thioether (sulfide) groups is 1. The van der Waals surface area contributed by atoms with E-state index in [2.05, 4.69) is 15.5 Å². The van der Waals surface area contributed by atoms with Crippen LogP contribution in [0.3, 0.4) is 0 Å². The van der Waals surface area contributed by atoms with Gasteiger partial charge < -0.3 is 5.32 Å². The van der Waals surface area contributed by atoms with Gasteiger partial charge in [-0.1, -0.05) is 30.0 Å². The van der Waals surface area contributed by atoms with E-state index < -0.39 is 4.92 Å². The highest BCUT2D eigenvalue weighted by molar-refractivity contribution is 7.98. The minimum absolute atomic E-state index is 0.0656. The van der Waals surface area contributed by atoms with Crippen molar-refractivity contribution in [2.24, 2.45) is 0 Å². The third-order valence-corrected chi connectivity index (χ3v) is 4.99. The molecule has 7 nitrogen and oxygen atoms in total. The van der Waals surface area contributed by atoms with E-state index >= 15 is 0 Å². The van der Waals surface area contributed by atoms with Crippen LogP contribution in [-0.4, -0.2) is 21.0 Å². The van der Waals surface area contributed by atoms with Crippen molar-refractivity contribution in [3.63, 3.8) is 0 Å². The molecule has 1 amide bonds. The van der Waals surface area contributed by atoms with E-state index in [1.807, 2.05) is 11.4 Å². The highest BCUT2D eigenvalue weighted by Crippen LogP contribution is 2.23. The lowest BCUT2D eigenvalue weighted by Gasteiger charge is -2.04. The van der Waals surface area contributed by atoms with Crippen LogP contribution in [0.15, 0.2) is 58.9 Å². The van der Waals surface area contributed by atoms with Gasteiger partial charge in [-0.3, -0.25) is 14.9 Å². The summed E-state index contributed by atoms with van der Waals surface area (Å²) in [7, 11) is 0. The van der Waals surface area contributed by atoms with E-state index in [0.717, 1.165) is 5.56 Å². The Kier molecular flexibility index (Phi) is 5.36. The molecule has 0 saturated carbocycles. The quantitative estimate of drug-likeness (QED) is 0.399. The molecule has 0 atom stereocenters. The van der Waals surface area contributed by atoms with Gasteiger partial charge in [0.2, 0.25) is 0 Å². The molecule has 2 heterocycles. The van der Waals surface area contributed by atoms with Crippen LogP contribution in [0.25, 0.3) is 0 Å². The molecule has 25 heavy (non-hydrogen) atoms. The maximum absolute atomic E-state index is 11.9. The van der Waals surface area contributed by atoms with Crippen molar-refractivity contribution in [3.8, 4) is 0 Å². The van der Waals surface area contributed by atoms with E-state index in [1.54, 1.807) is 30.3 Å². The number of anilines is 1. The van der Waals surface area contributed by atoms with Gasteiger partial charge in [0.15, 0.2) is 5.82 Å². The summed E-state index contributed by atoms with van der Waals surface area (Å²) in [4.78, 5) is 22.9. The highest BCUT2D eigenvalue weighted by atomic mass is 32.2. The van der Waals surface area contributed by atoms with Gasteiger partial charge >= 0.3 is 0 Å². The Labute approximate surface area is 151 Å². The average Bonchev–Trinajstić information content (AvgIpc) is 3.16. The molecule has 3 aromatic rings. The van der Waals surface area contributed by atoms with E-state index in [9.17, 15) is 14.9 Å². The van der Waals surface area contributed by atoms with Crippen molar-refractivity contribution in [2.45, 2.75) is 10.8 Å². The summed E-state index contributed by atoms with van der Waals surface area (Å²) in [6, 6.07) is 13.4. The summed E-state index contributed by atoms with van der Waals surface area (Å²) in [6.07, 6.45) is 0. The fourth-order valence-electron chi connectivity index (χ4n) is 1.97. The maximum Gasteiger partial charge on any atom is 0.269 e. The summed E-state index contributed by atoms with van der Waals surface area (Å²) in [5.41, 5.74) is 0.895. The van der Waals surface area contributed by atoms with Gasteiger partial charge in [0.05, 0.1) is 9.80 Å². The van der Waals surface area contributed by atoms with Gasteiger partial charge in [-0.05, 0) is 29.1 Å². The molecule has 1 aromatic carbocycles. The minimum atomic E-state index is -0.418. The Hall–Kier alpha value is -2.78. The molecule has 1 N–H and O–H groups in total. The highest BCUT2D eigenvalue weighted by Gasteiger charge is 2.09. The molecule has 0 unspecified atom stereocenters. The van der Waals surface area contributed by atoms with Crippen LogP contribution in [0, 0.1) is 10.1 Å². The molecule has 0 aliphatic heterocycles. The van der Waals surface area contributed by atoms with Crippen LogP contribution in [0.2, 0.25) is 0 Å². The predicted molar refractivity (Wildman–Crippen MR) is 97.0 cm³/mol. The van der Waals surface area contributed by atoms with E-state index in [0.29, 0.717) is 21.5 Å². The van der Waals surface area contributed by atoms with E-state index in [4.69, 9.17) is 0 Å². The number of carbonyl (C=O) groups is 1. The molecule has 0 saturated heterocycles. The van der Waals surface area contributed by atoms with Crippen LogP contribution in [0.4, 0.5) is 11.5 Å². The second kappa shape index (κ2) is 7.86. The van der Waals surface area contributed by atoms with Gasteiger partial charge in [0.25, 0.3) is 11.6 Å². The third kappa shape index (κ3) is 4.61. The number of nitrogens with zero attached hydrogens (tertiary/aromatic N) is 3. The summed E-state index contributed by atoms with van der Waals surface area (Å²) in [5, 5.41) is 24.0. The second-order valence-corrected chi connectivity index (χ2v) is 6.85. The van der Waals surface area contributed by atoms with Crippen LogP contribution in [-0.2, 0) is 5.75 Å². The second-order valence-electron chi connectivity index (χ2n) is 4.90. The molecule has 9 heteroatoms.